The van der Waals surface area contributed by atoms with Gasteiger partial charge in [0.2, 0.25) is 0 Å². The van der Waals surface area contributed by atoms with Crippen molar-refractivity contribution in [3.05, 3.63) is 17.8 Å². The molecule has 0 aliphatic carbocycles. The summed E-state index contributed by atoms with van der Waals surface area (Å²) < 4.78 is 5.02. The highest BCUT2D eigenvalue weighted by atomic mass is 16.3. The normalized spacial score (nSPS) is 10.2. The predicted molar refractivity (Wildman–Crippen MR) is 37.2 cm³/mol. The summed E-state index contributed by atoms with van der Waals surface area (Å²) in [5.74, 6) is 0.810. The Kier molecular flexibility index (Phi) is 2.42. The van der Waals surface area contributed by atoms with E-state index in [2.05, 4.69) is 4.98 Å². The summed E-state index contributed by atoms with van der Waals surface area (Å²) >= 11 is 0. The van der Waals surface area contributed by atoms with Crippen molar-refractivity contribution in [3.63, 3.8) is 0 Å². The molecule has 4 nitrogen and oxygen atoms in total. The van der Waals surface area contributed by atoms with Gasteiger partial charge in [0.15, 0.2) is 6.39 Å². The first-order valence-corrected chi connectivity index (χ1v) is 3.20. The molecule has 0 bridgehead atoms. The topological polar surface area (TPSA) is 78.1 Å². The van der Waals surface area contributed by atoms with Gasteiger partial charge in [-0.1, -0.05) is 0 Å². The minimum atomic E-state index is 0.422. The first-order valence-electron chi connectivity index (χ1n) is 3.20. The van der Waals surface area contributed by atoms with Crippen LogP contribution in [0.2, 0.25) is 0 Å². The van der Waals surface area contributed by atoms with E-state index in [1.807, 2.05) is 0 Å². The van der Waals surface area contributed by atoms with Gasteiger partial charge in [0.05, 0.1) is 5.69 Å². The summed E-state index contributed by atoms with van der Waals surface area (Å²) in [4.78, 5) is 3.91. The highest BCUT2D eigenvalue weighted by Gasteiger charge is 2.03. The highest BCUT2D eigenvalue weighted by molar-refractivity contribution is 5.06. The molecule has 0 aliphatic heterocycles. The van der Waals surface area contributed by atoms with E-state index in [0.717, 1.165) is 11.5 Å². The van der Waals surface area contributed by atoms with Gasteiger partial charge in [0.25, 0.3) is 0 Å². The molecule has 1 rings (SSSR count). The number of hydrogen-bond acceptors (Lipinski definition) is 4. The van der Waals surface area contributed by atoms with Crippen LogP contribution < -0.4 is 11.5 Å². The maximum absolute atomic E-state index is 5.36. The lowest BCUT2D eigenvalue weighted by Crippen LogP contribution is -2.06. The maximum Gasteiger partial charge on any atom is 0.181 e. The Hall–Kier alpha value is -0.870. The Bertz CT molecular complexity index is 197. The van der Waals surface area contributed by atoms with Crippen LogP contribution in [0.3, 0.4) is 0 Å². The molecule has 56 valence electrons. The molecule has 0 saturated carbocycles. The predicted octanol–water partition coefficient (Wildman–Crippen LogP) is -0.366. The smallest absolute Gasteiger partial charge is 0.181 e. The van der Waals surface area contributed by atoms with Crippen LogP contribution in [0.4, 0.5) is 0 Å². The molecule has 10 heavy (non-hydrogen) atoms. The molecule has 0 amide bonds. The molecule has 1 aromatic rings. The zero-order chi connectivity index (χ0) is 7.40. The van der Waals surface area contributed by atoms with Gasteiger partial charge in [-0.3, -0.25) is 0 Å². The van der Waals surface area contributed by atoms with Gasteiger partial charge in [-0.2, -0.15) is 0 Å². The van der Waals surface area contributed by atoms with Gasteiger partial charge < -0.3 is 15.9 Å². The molecular weight excluding hydrogens is 130 g/mol. The fraction of sp³-hybridized carbons (Fsp3) is 0.500. The number of aromatic nitrogens is 1. The second kappa shape index (κ2) is 3.34. The van der Waals surface area contributed by atoms with Crippen LogP contribution in [-0.2, 0) is 13.0 Å². The second-order valence-corrected chi connectivity index (χ2v) is 1.97. The Balaban J connectivity index is 2.70. The first kappa shape index (κ1) is 7.24. The molecule has 4 heteroatoms. The van der Waals surface area contributed by atoms with Gasteiger partial charge in [0, 0.05) is 13.0 Å². The average molecular weight is 141 g/mol. The quantitative estimate of drug-likeness (QED) is 0.602. The lowest BCUT2D eigenvalue weighted by molar-refractivity contribution is 0.502. The van der Waals surface area contributed by atoms with E-state index >= 15 is 0 Å². The maximum atomic E-state index is 5.36. The van der Waals surface area contributed by atoms with E-state index in [9.17, 15) is 0 Å². The molecule has 0 atom stereocenters. The largest absolute Gasteiger partial charge is 0.448 e. The Morgan fingerprint density at radius 3 is 2.90 bits per heavy atom. The van der Waals surface area contributed by atoms with Crippen LogP contribution in [-0.4, -0.2) is 11.5 Å². The number of nitrogens with zero attached hydrogens (tertiary/aromatic N) is 1. The van der Waals surface area contributed by atoms with Gasteiger partial charge >= 0.3 is 0 Å². The Morgan fingerprint density at radius 2 is 2.30 bits per heavy atom. The van der Waals surface area contributed by atoms with Crippen molar-refractivity contribution in [2.24, 2.45) is 11.5 Å². The van der Waals surface area contributed by atoms with Crippen LogP contribution in [0.15, 0.2) is 10.8 Å². The van der Waals surface area contributed by atoms with Crippen molar-refractivity contribution in [2.45, 2.75) is 13.0 Å². The van der Waals surface area contributed by atoms with Gasteiger partial charge in [0.1, 0.15) is 5.76 Å². The zero-order valence-electron chi connectivity index (χ0n) is 5.71. The van der Waals surface area contributed by atoms with Crippen molar-refractivity contribution in [1.82, 2.24) is 4.98 Å². The summed E-state index contributed by atoms with van der Waals surface area (Å²) in [6.07, 6.45) is 2.11. The van der Waals surface area contributed by atoms with Crippen molar-refractivity contribution in [3.8, 4) is 0 Å². The average Bonchev–Trinajstić information content (AvgIpc) is 2.36. The summed E-state index contributed by atoms with van der Waals surface area (Å²) in [5, 5.41) is 0. The van der Waals surface area contributed by atoms with Crippen molar-refractivity contribution in [2.75, 3.05) is 6.54 Å². The minimum absolute atomic E-state index is 0.422. The molecular formula is C6H11N3O. The van der Waals surface area contributed by atoms with E-state index in [0.29, 0.717) is 19.5 Å². The molecule has 4 N–H and O–H groups in total. The van der Waals surface area contributed by atoms with E-state index in [1.165, 1.54) is 6.39 Å². The lowest BCUT2D eigenvalue weighted by Gasteiger charge is -1.93. The van der Waals surface area contributed by atoms with Gasteiger partial charge in [-0.25, -0.2) is 4.98 Å². The summed E-state index contributed by atoms with van der Waals surface area (Å²) in [6, 6.07) is 0. The van der Waals surface area contributed by atoms with Crippen LogP contribution in [0.25, 0.3) is 0 Å². The molecule has 0 saturated heterocycles. The molecule has 1 heterocycles. The van der Waals surface area contributed by atoms with E-state index in [4.69, 9.17) is 15.9 Å². The summed E-state index contributed by atoms with van der Waals surface area (Å²) in [6.45, 7) is 0.994. The molecule has 0 spiro atoms. The lowest BCUT2D eigenvalue weighted by atomic mass is 10.3. The molecule has 0 aromatic carbocycles. The van der Waals surface area contributed by atoms with Crippen molar-refractivity contribution >= 4 is 0 Å². The van der Waals surface area contributed by atoms with Crippen molar-refractivity contribution < 1.29 is 4.42 Å². The van der Waals surface area contributed by atoms with Gasteiger partial charge in [-0.15, -0.1) is 0 Å². The molecule has 1 aromatic heterocycles. The summed E-state index contributed by atoms with van der Waals surface area (Å²) in [5.41, 5.74) is 11.5. The number of hydrogen-bond donors (Lipinski definition) is 2. The third-order valence-corrected chi connectivity index (χ3v) is 1.29. The Labute approximate surface area is 59.2 Å². The Morgan fingerprint density at radius 1 is 1.50 bits per heavy atom. The van der Waals surface area contributed by atoms with Crippen LogP contribution in [0, 0.1) is 0 Å². The molecule has 0 aliphatic rings. The van der Waals surface area contributed by atoms with Crippen LogP contribution in [0.5, 0.6) is 0 Å². The zero-order valence-corrected chi connectivity index (χ0v) is 5.71. The fourth-order valence-corrected chi connectivity index (χ4v) is 0.794. The standard InChI is InChI=1S/C6H11N3O/c7-2-1-6-5(3-8)9-4-10-6/h4H,1-3,7-8H2. The van der Waals surface area contributed by atoms with Crippen LogP contribution >= 0.6 is 0 Å². The number of rotatable bonds is 3. The molecule has 0 unspecified atom stereocenters. The highest BCUT2D eigenvalue weighted by Crippen LogP contribution is 2.04. The molecule has 0 fully saturated rings. The SMILES string of the molecule is NCCc1ocnc1CN. The third kappa shape index (κ3) is 1.34. The fourth-order valence-electron chi connectivity index (χ4n) is 0.794. The molecule has 0 radical (unpaired) electrons. The van der Waals surface area contributed by atoms with E-state index in [-0.39, 0.29) is 0 Å². The first-order chi connectivity index (χ1) is 4.88. The monoisotopic (exact) mass is 141 g/mol. The minimum Gasteiger partial charge on any atom is -0.448 e. The number of nitrogens with two attached hydrogens (primary N) is 2. The van der Waals surface area contributed by atoms with E-state index in [1.54, 1.807) is 0 Å². The van der Waals surface area contributed by atoms with Crippen LogP contribution in [0.1, 0.15) is 11.5 Å². The third-order valence-electron chi connectivity index (χ3n) is 1.29. The van der Waals surface area contributed by atoms with Gasteiger partial charge in [-0.05, 0) is 6.54 Å². The second-order valence-electron chi connectivity index (χ2n) is 1.97. The summed E-state index contributed by atoms with van der Waals surface area (Å²) in [7, 11) is 0. The number of oxazole rings is 1. The van der Waals surface area contributed by atoms with E-state index < -0.39 is 0 Å². The van der Waals surface area contributed by atoms with Crippen molar-refractivity contribution in [1.29, 1.82) is 0 Å².